The van der Waals surface area contributed by atoms with Crippen LogP contribution in [0.1, 0.15) is 50.7 Å². The summed E-state index contributed by atoms with van der Waals surface area (Å²) in [6, 6.07) is 8.59. The highest BCUT2D eigenvalue weighted by Crippen LogP contribution is 2.23. The monoisotopic (exact) mass is 395 g/mol. The second-order valence-corrected chi connectivity index (χ2v) is 8.06. The van der Waals surface area contributed by atoms with Gasteiger partial charge >= 0.3 is 0 Å². The Morgan fingerprint density at radius 1 is 1.19 bits per heavy atom. The summed E-state index contributed by atoms with van der Waals surface area (Å²) in [5.74, 6) is 0.232. The predicted molar refractivity (Wildman–Crippen MR) is 111 cm³/mol. The molecular weight excluding hydrogens is 362 g/mol. The van der Waals surface area contributed by atoms with Gasteiger partial charge in [0.2, 0.25) is 5.91 Å². The van der Waals surface area contributed by atoms with Gasteiger partial charge in [0.25, 0.3) is 0 Å². The van der Waals surface area contributed by atoms with E-state index in [1.807, 2.05) is 6.07 Å². The van der Waals surface area contributed by atoms with Crippen molar-refractivity contribution in [1.82, 2.24) is 10.2 Å². The number of nitrogens with one attached hydrogen (secondary N) is 1. The predicted octanol–water partition coefficient (Wildman–Crippen LogP) is 2.85. The summed E-state index contributed by atoms with van der Waals surface area (Å²) >= 11 is 0. The third kappa shape index (κ3) is 6.46. The van der Waals surface area contributed by atoms with Gasteiger partial charge in [-0.2, -0.15) is 0 Å². The van der Waals surface area contributed by atoms with Crippen LogP contribution in [0.15, 0.2) is 24.3 Å². The van der Waals surface area contributed by atoms with Gasteiger partial charge in [0.05, 0.1) is 12.2 Å². The van der Waals surface area contributed by atoms with Crippen molar-refractivity contribution < 1.29 is 9.53 Å². The second-order valence-electron chi connectivity index (χ2n) is 8.06. The topological polar surface area (TPSA) is 67.6 Å². The van der Waals surface area contributed by atoms with Gasteiger partial charge in [0.1, 0.15) is 0 Å². The van der Waals surface area contributed by atoms with E-state index in [1.165, 1.54) is 11.1 Å². The summed E-state index contributed by atoms with van der Waals surface area (Å²) in [7, 11) is 0. The molecule has 0 aromatic heterocycles. The number of hydrogen-bond donors (Lipinski definition) is 2. The molecule has 3 N–H and O–H groups in total. The fourth-order valence-electron chi connectivity index (χ4n) is 4.33. The molecule has 1 heterocycles. The molecule has 1 aromatic carbocycles. The lowest BCUT2D eigenvalue weighted by molar-refractivity contribution is -0.126. The van der Waals surface area contributed by atoms with Crippen LogP contribution in [0, 0.1) is 5.92 Å². The first kappa shape index (κ1) is 22.2. The smallest absolute Gasteiger partial charge is 0.223 e. The number of nitrogens with two attached hydrogens (primary N) is 1. The zero-order valence-corrected chi connectivity index (χ0v) is 17.3. The molecule has 5 nitrogen and oxygen atoms in total. The van der Waals surface area contributed by atoms with Crippen LogP contribution in [0.3, 0.4) is 0 Å². The van der Waals surface area contributed by atoms with Gasteiger partial charge in [-0.3, -0.25) is 9.69 Å². The first-order valence-corrected chi connectivity index (χ1v) is 9.99. The minimum absolute atomic E-state index is 0. The van der Waals surface area contributed by atoms with Crippen LogP contribution in [0.4, 0.5) is 0 Å². The third-order valence-corrected chi connectivity index (χ3v) is 5.55. The van der Waals surface area contributed by atoms with Crippen molar-refractivity contribution in [3.8, 4) is 0 Å². The molecule has 3 rings (SSSR count). The highest BCUT2D eigenvalue weighted by molar-refractivity contribution is 5.85. The molecule has 2 aliphatic rings. The first-order valence-electron chi connectivity index (χ1n) is 9.99. The molecule has 0 spiro atoms. The quantitative estimate of drug-likeness (QED) is 0.804. The lowest BCUT2D eigenvalue weighted by Crippen LogP contribution is -2.45. The van der Waals surface area contributed by atoms with Crippen molar-refractivity contribution in [1.29, 1.82) is 0 Å². The molecule has 1 aliphatic heterocycles. The maximum Gasteiger partial charge on any atom is 0.223 e. The van der Waals surface area contributed by atoms with E-state index in [-0.39, 0.29) is 42.5 Å². The van der Waals surface area contributed by atoms with E-state index < -0.39 is 0 Å². The lowest BCUT2D eigenvalue weighted by Gasteiger charge is -2.35. The molecule has 1 aliphatic carbocycles. The second kappa shape index (κ2) is 10.4. The summed E-state index contributed by atoms with van der Waals surface area (Å²) in [6.45, 7) is 7.65. The Hall–Kier alpha value is -1.14. The number of rotatable bonds is 5. The van der Waals surface area contributed by atoms with Crippen molar-refractivity contribution in [2.75, 3.05) is 13.1 Å². The molecule has 1 saturated heterocycles. The van der Waals surface area contributed by atoms with E-state index >= 15 is 0 Å². The summed E-state index contributed by atoms with van der Waals surface area (Å²) in [5, 5.41) is 3.15. The molecular formula is C21H34ClN3O2. The van der Waals surface area contributed by atoms with E-state index in [9.17, 15) is 4.79 Å². The summed E-state index contributed by atoms with van der Waals surface area (Å²) in [6.07, 6.45) is 4.41. The number of benzene rings is 1. The average Bonchev–Trinajstić information content (AvgIpc) is 2.60. The Labute approximate surface area is 169 Å². The van der Waals surface area contributed by atoms with Crippen molar-refractivity contribution >= 4 is 18.3 Å². The summed E-state index contributed by atoms with van der Waals surface area (Å²) in [5.41, 5.74) is 8.51. The Balaban J connectivity index is 0.00000261. The molecule has 1 saturated carbocycles. The van der Waals surface area contributed by atoms with Crippen molar-refractivity contribution in [3.63, 3.8) is 0 Å². The molecule has 1 amide bonds. The van der Waals surface area contributed by atoms with Gasteiger partial charge < -0.3 is 15.8 Å². The lowest BCUT2D eigenvalue weighted by atomic mass is 9.85. The molecule has 4 atom stereocenters. The Bertz CT molecular complexity index is 603. The van der Waals surface area contributed by atoms with Crippen LogP contribution in [0.2, 0.25) is 0 Å². The van der Waals surface area contributed by atoms with Gasteiger partial charge in [-0.1, -0.05) is 30.7 Å². The van der Waals surface area contributed by atoms with Crippen LogP contribution in [-0.2, 0) is 22.6 Å². The minimum atomic E-state index is 0. The Morgan fingerprint density at radius 3 is 2.52 bits per heavy atom. The Morgan fingerprint density at radius 2 is 1.85 bits per heavy atom. The van der Waals surface area contributed by atoms with Crippen molar-refractivity contribution in [2.45, 2.75) is 70.9 Å². The summed E-state index contributed by atoms with van der Waals surface area (Å²) in [4.78, 5) is 15.0. The zero-order valence-electron chi connectivity index (χ0n) is 16.5. The van der Waals surface area contributed by atoms with E-state index in [0.717, 1.165) is 45.3 Å². The fraction of sp³-hybridized carbons (Fsp3) is 0.667. The van der Waals surface area contributed by atoms with Crippen LogP contribution >= 0.6 is 12.4 Å². The van der Waals surface area contributed by atoms with E-state index in [2.05, 4.69) is 42.3 Å². The molecule has 2 fully saturated rings. The molecule has 4 unspecified atom stereocenters. The van der Waals surface area contributed by atoms with Crippen molar-refractivity contribution in [3.05, 3.63) is 35.4 Å². The highest BCUT2D eigenvalue weighted by Gasteiger charge is 2.26. The molecule has 152 valence electrons. The van der Waals surface area contributed by atoms with Gasteiger partial charge in [-0.25, -0.2) is 0 Å². The largest absolute Gasteiger partial charge is 0.373 e. The summed E-state index contributed by atoms with van der Waals surface area (Å²) < 4.78 is 5.83. The number of hydrogen-bond acceptors (Lipinski definition) is 4. The number of morpholine rings is 1. The number of carbonyl (C=O) groups excluding carboxylic acids is 1. The number of nitrogens with zero attached hydrogens (tertiary/aromatic N) is 1. The third-order valence-electron chi connectivity index (χ3n) is 5.55. The zero-order chi connectivity index (χ0) is 18.5. The molecule has 6 heteroatoms. The average molecular weight is 396 g/mol. The van der Waals surface area contributed by atoms with Gasteiger partial charge in [0.15, 0.2) is 0 Å². The Kier molecular flexibility index (Phi) is 8.55. The van der Waals surface area contributed by atoms with Crippen LogP contribution in [0.5, 0.6) is 0 Å². The molecule has 0 radical (unpaired) electrons. The van der Waals surface area contributed by atoms with Gasteiger partial charge in [-0.15, -0.1) is 12.4 Å². The number of ether oxygens (including phenoxy) is 1. The fourth-order valence-corrected chi connectivity index (χ4v) is 4.33. The van der Waals surface area contributed by atoms with Gasteiger partial charge in [-0.05, 0) is 44.2 Å². The number of amides is 1. The van der Waals surface area contributed by atoms with Crippen LogP contribution < -0.4 is 11.1 Å². The highest BCUT2D eigenvalue weighted by atomic mass is 35.5. The first-order chi connectivity index (χ1) is 12.5. The van der Waals surface area contributed by atoms with Crippen molar-refractivity contribution in [2.24, 2.45) is 11.7 Å². The van der Waals surface area contributed by atoms with Crippen LogP contribution in [0.25, 0.3) is 0 Å². The number of carbonyl (C=O) groups is 1. The molecule has 27 heavy (non-hydrogen) atoms. The molecule has 1 aromatic rings. The van der Waals surface area contributed by atoms with Gasteiger partial charge in [0, 0.05) is 38.1 Å². The SMILES string of the molecule is CC1CN(Cc2ccccc2CNC(=O)C2CCCC(N)C2)CC(C)O1.Cl. The maximum absolute atomic E-state index is 12.5. The minimum Gasteiger partial charge on any atom is -0.373 e. The van der Waals surface area contributed by atoms with E-state index in [0.29, 0.717) is 6.54 Å². The maximum atomic E-state index is 12.5. The standard InChI is InChI=1S/C21H33N3O2.ClH/c1-15-12-24(13-16(2)26-15)14-19-7-4-3-6-18(19)11-23-21(25)17-8-5-9-20(22)10-17;/h3-4,6-7,15-17,20H,5,8-14,22H2,1-2H3,(H,23,25);1H. The van der Waals surface area contributed by atoms with E-state index in [4.69, 9.17) is 10.5 Å². The molecule has 0 bridgehead atoms. The number of halogens is 1. The van der Waals surface area contributed by atoms with Crippen LogP contribution in [-0.4, -0.2) is 42.1 Å². The normalized spacial score (nSPS) is 29.0. The van der Waals surface area contributed by atoms with E-state index in [1.54, 1.807) is 0 Å².